The molecule has 18 heavy (non-hydrogen) atoms. The highest BCUT2D eigenvalue weighted by Crippen LogP contribution is 2.31. The molecule has 0 spiro atoms. The molecule has 1 atom stereocenters. The van der Waals surface area contributed by atoms with Gasteiger partial charge in [0.2, 0.25) is 10.0 Å². The van der Waals surface area contributed by atoms with Crippen molar-refractivity contribution in [3.8, 4) is 6.07 Å². The normalized spacial score (nSPS) is 13.6. The molecule has 0 aliphatic heterocycles. The molecule has 0 fully saturated rings. The summed E-state index contributed by atoms with van der Waals surface area (Å²) in [6.07, 6.45) is 0. The lowest BCUT2D eigenvalue weighted by molar-refractivity contribution is 0.400. The average Bonchev–Trinajstić information content (AvgIpc) is 2.65. The van der Waals surface area contributed by atoms with Crippen molar-refractivity contribution in [1.82, 2.24) is 4.31 Å². The van der Waals surface area contributed by atoms with Gasteiger partial charge in [-0.1, -0.05) is 6.92 Å². The summed E-state index contributed by atoms with van der Waals surface area (Å²) in [5.74, 6) is -0.317. The Morgan fingerprint density at radius 2 is 2.22 bits per heavy atom. The molecule has 0 N–H and O–H groups in total. The molecule has 1 aromatic rings. The van der Waals surface area contributed by atoms with Crippen molar-refractivity contribution in [2.75, 3.05) is 13.1 Å². The first-order valence-electron chi connectivity index (χ1n) is 5.48. The second-order valence-electron chi connectivity index (χ2n) is 3.96. The van der Waals surface area contributed by atoms with Crippen molar-refractivity contribution in [2.24, 2.45) is 5.92 Å². The van der Waals surface area contributed by atoms with Gasteiger partial charge in [-0.3, -0.25) is 0 Å². The highest BCUT2D eigenvalue weighted by atomic mass is 79.9. The molecule has 0 aliphatic rings. The zero-order chi connectivity index (χ0) is 13.9. The monoisotopic (exact) mass is 350 g/mol. The third-order valence-corrected chi connectivity index (χ3v) is 6.26. The predicted molar refractivity (Wildman–Crippen MR) is 76.0 cm³/mol. The van der Waals surface area contributed by atoms with E-state index < -0.39 is 10.0 Å². The van der Waals surface area contributed by atoms with E-state index in [0.717, 1.165) is 8.66 Å². The van der Waals surface area contributed by atoms with Gasteiger partial charge in [0.05, 0.1) is 20.7 Å². The van der Waals surface area contributed by atoms with Crippen molar-refractivity contribution >= 4 is 37.3 Å². The number of thiophene rings is 1. The number of nitrogens with zero attached hydrogens (tertiary/aromatic N) is 2. The number of hydrogen-bond donors (Lipinski definition) is 0. The molecule has 0 bridgehead atoms. The van der Waals surface area contributed by atoms with Crippen LogP contribution in [0.5, 0.6) is 0 Å². The van der Waals surface area contributed by atoms with E-state index in [4.69, 9.17) is 5.26 Å². The summed E-state index contributed by atoms with van der Waals surface area (Å²) in [4.78, 5) is 1.08. The molecule has 0 aromatic carbocycles. The van der Waals surface area contributed by atoms with Gasteiger partial charge in [-0.2, -0.15) is 9.57 Å². The van der Waals surface area contributed by atoms with Crippen molar-refractivity contribution < 1.29 is 8.42 Å². The molecule has 0 amide bonds. The van der Waals surface area contributed by atoms with Crippen molar-refractivity contribution in [3.63, 3.8) is 0 Å². The molecular weight excluding hydrogens is 336 g/mol. The quantitative estimate of drug-likeness (QED) is 0.819. The van der Waals surface area contributed by atoms with E-state index in [1.54, 1.807) is 26.8 Å². The Morgan fingerprint density at radius 3 is 2.61 bits per heavy atom. The van der Waals surface area contributed by atoms with E-state index in [2.05, 4.69) is 22.0 Å². The Bertz CT molecular complexity index is 560. The maximum atomic E-state index is 12.5. The fourth-order valence-electron chi connectivity index (χ4n) is 1.57. The summed E-state index contributed by atoms with van der Waals surface area (Å²) >= 11 is 4.69. The standard InChI is InChI=1S/C11H15BrN2O2S2/c1-4-14(7-8(2)6-13)18(15,16)10-5-11(12)17-9(10)3/h5,8H,4,7H2,1-3H3. The van der Waals surface area contributed by atoms with Gasteiger partial charge in [0.15, 0.2) is 0 Å². The molecule has 0 saturated carbocycles. The summed E-state index contributed by atoms with van der Waals surface area (Å²) in [7, 11) is -3.50. The Labute approximate surface area is 120 Å². The van der Waals surface area contributed by atoms with Crippen LogP contribution in [0.25, 0.3) is 0 Å². The van der Waals surface area contributed by atoms with E-state index in [9.17, 15) is 8.42 Å². The van der Waals surface area contributed by atoms with Gasteiger partial charge in [-0.25, -0.2) is 8.42 Å². The zero-order valence-corrected chi connectivity index (χ0v) is 13.7. The van der Waals surface area contributed by atoms with Crippen LogP contribution in [0.4, 0.5) is 0 Å². The lowest BCUT2D eigenvalue weighted by Gasteiger charge is -2.21. The highest BCUT2D eigenvalue weighted by Gasteiger charge is 2.27. The first-order chi connectivity index (χ1) is 8.32. The minimum Gasteiger partial charge on any atom is -0.207 e. The Kier molecular flexibility index (Phi) is 5.34. The zero-order valence-electron chi connectivity index (χ0n) is 10.5. The smallest absolute Gasteiger partial charge is 0.207 e. The molecule has 100 valence electrons. The van der Waals surface area contributed by atoms with Gasteiger partial charge in [0.25, 0.3) is 0 Å². The van der Waals surface area contributed by atoms with Gasteiger partial charge in [0.1, 0.15) is 0 Å². The number of halogens is 1. The van der Waals surface area contributed by atoms with Crippen LogP contribution in [-0.4, -0.2) is 25.8 Å². The maximum Gasteiger partial charge on any atom is 0.244 e. The molecule has 0 aliphatic carbocycles. The van der Waals surface area contributed by atoms with E-state index in [-0.39, 0.29) is 12.5 Å². The lowest BCUT2D eigenvalue weighted by atomic mass is 10.2. The van der Waals surface area contributed by atoms with Crippen LogP contribution in [0.2, 0.25) is 0 Å². The van der Waals surface area contributed by atoms with E-state index in [1.807, 2.05) is 0 Å². The van der Waals surface area contributed by atoms with Crippen molar-refractivity contribution in [2.45, 2.75) is 25.7 Å². The highest BCUT2D eigenvalue weighted by molar-refractivity contribution is 9.11. The number of hydrogen-bond acceptors (Lipinski definition) is 4. The van der Waals surface area contributed by atoms with Gasteiger partial charge in [-0.05, 0) is 35.8 Å². The fourth-order valence-corrected chi connectivity index (χ4v) is 5.49. The molecule has 7 heteroatoms. The molecule has 1 aromatic heterocycles. The minimum atomic E-state index is -3.50. The Balaban J connectivity index is 3.12. The summed E-state index contributed by atoms with van der Waals surface area (Å²) in [6.45, 7) is 5.86. The molecular formula is C11H15BrN2O2S2. The second kappa shape index (κ2) is 6.15. The summed E-state index contributed by atoms with van der Waals surface area (Å²) in [5.41, 5.74) is 0. The van der Waals surface area contributed by atoms with E-state index in [0.29, 0.717) is 11.4 Å². The SMILES string of the molecule is CCN(CC(C)C#N)S(=O)(=O)c1cc(Br)sc1C. The van der Waals surface area contributed by atoms with Crippen LogP contribution in [0.3, 0.4) is 0 Å². The van der Waals surface area contributed by atoms with Crippen molar-refractivity contribution in [1.29, 1.82) is 5.26 Å². The first-order valence-corrected chi connectivity index (χ1v) is 8.53. The number of aryl methyl sites for hydroxylation is 1. The predicted octanol–water partition coefficient (Wildman–Crippen LogP) is 2.99. The van der Waals surface area contributed by atoms with Crippen LogP contribution >= 0.6 is 27.3 Å². The molecule has 0 radical (unpaired) electrons. The van der Waals surface area contributed by atoms with E-state index >= 15 is 0 Å². The Hall–Kier alpha value is -0.420. The number of rotatable bonds is 5. The van der Waals surface area contributed by atoms with Crippen LogP contribution in [0.15, 0.2) is 14.7 Å². The first kappa shape index (κ1) is 15.6. The van der Waals surface area contributed by atoms with Crippen LogP contribution < -0.4 is 0 Å². The molecule has 0 saturated heterocycles. The molecule has 4 nitrogen and oxygen atoms in total. The fraction of sp³-hybridized carbons (Fsp3) is 0.545. The lowest BCUT2D eigenvalue weighted by Crippen LogP contribution is -2.34. The summed E-state index contributed by atoms with van der Waals surface area (Å²) in [5, 5.41) is 8.80. The van der Waals surface area contributed by atoms with E-state index in [1.165, 1.54) is 15.6 Å². The topological polar surface area (TPSA) is 61.2 Å². The van der Waals surface area contributed by atoms with Crippen LogP contribution in [-0.2, 0) is 10.0 Å². The summed E-state index contributed by atoms with van der Waals surface area (Å²) < 4.78 is 27.0. The largest absolute Gasteiger partial charge is 0.244 e. The number of sulfonamides is 1. The molecule has 1 unspecified atom stereocenters. The molecule has 1 rings (SSSR count). The maximum absolute atomic E-state index is 12.5. The average molecular weight is 351 g/mol. The van der Waals surface area contributed by atoms with Gasteiger partial charge < -0.3 is 0 Å². The Morgan fingerprint density at radius 1 is 1.61 bits per heavy atom. The second-order valence-corrected chi connectivity index (χ2v) is 8.50. The minimum absolute atomic E-state index is 0.224. The van der Waals surface area contributed by atoms with Gasteiger partial charge in [-0.15, -0.1) is 11.3 Å². The van der Waals surface area contributed by atoms with Crippen molar-refractivity contribution in [3.05, 3.63) is 14.7 Å². The van der Waals surface area contributed by atoms with Crippen LogP contribution in [0.1, 0.15) is 18.7 Å². The summed E-state index contributed by atoms with van der Waals surface area (Å²) in [6, 6.07) is 3.68. The molecule has 1 heterocycles. The van der Waals surface area contributed by atoms with Gasteiger partial charge >= 0.3 is 0 Å². The van der Waals surface area contributed by atoms with Gasteiger partial charge in [0, 0.05) is 18.0 Å². The third-order valence-electron chi connectivity index (χ3n) is 2.51. The number of nitriles is 1. The third kappa shape index (κ3) is 3.32. The van der Waals surface area contributed by atoms with Crippen LogP contribution in [0, 0.1) is 24.2 Å².